The Labute approximate surface area is 251 Å². The van der Waals surface area contributed by atoms with Crippen LogP contribution >= 0.6 is 0 Å². The zero-order chi connectivity index (χ0) is 30.4. The second-order valence-electron chi connectivity index (χ2n) is 10.6. The standard InChI is InChI=1S/C33H26N8O3/c1-18-15-35-16-28(37-18)26-9-10-27-32(38-26)41(31(39-27)24-3-2-12-36-30(24)34)22-6-7-23-19(14-22)4-8-25(23)40-33(44)20-5-11-29(43)21(13-20)17-42/h2-3,5-7,9-17,25,43H,4,8H2,1H3,(H2,34,36)(H,40,44)/t25-/m0/s1. The number of nitrogens with two attached hydrogens (primary N) is 1. The minimum Gasteiger partial charge on any atom is -0.507 e. The van der Waals surface area contributed by atoms with Crippen LogP contribution in [0.3, 0.4) is 0 Å². The third-order valence-corrected chi connectivity index (χ3v) is 7.79. The number of carbonyl (C=O) groups is 2. The number of nitrogens with zero attached hydrogens (tertiary/aromatic N) is 6. The number of phenolic OH excluding ortho intramolecular Hbond substituents is 1. The molecule has 1 amide bonds. The number of imidazole rings is 1. The summed E-state index contributed by atoms with van der Waals surface area (Å²) in [5.41, 5.74) is 13.7. The van der Waals surface area contributed by atoms with Crippen LogP contribution < -0.4 is 11.1 Å². The minimum atomic E-state index is -0.319. The molecule has 4 aromatic heterocycles. The number of aryl methyl sites for hydroxylation is 2. The molecule has 0 bridgehead atoms. The van der Waals surface area contributed by atoms with Crippen LogP contribution in [-0.2, 0) is 6.42 Å². The van der Waals surface area contributed by atoms with Gasteiger partial charge in [-0.15, -0.1) is 0 Å². The lowest BCUT2D eigenvalue weighted by Gasteiger charge is -2.16. The number of nitrogen functional groups attached to an aromatic ring is 1. The van der Waals surface area contributed by atoms with Gasteiger partial charge in [0.2, 0.25) is 0 Å². The van der Waals surface area contributed by atoms with E-state index < -0.39 is 0 Å². The summed E-state index contributed by atoms with van der Waals surface area (Å²) in [4.78, 5) is 47.3. The summed E-state index contributed by atoms with van der Waals surface area (Å²) in [6.07, 6.45) is 7.01. The zero-order valence-electron chi connectivity index (χ0n) is 23.6. The van der Waals surface area contributed by atoms with E-state index in [9.17, 15) is 14.7 Å². The fourth-order valence-corrected chi connectivity index (χ4v) is 5.64. The highest BCUT2D eigenvalue weighted by Crippen LogP contribution is 2.36. The molecule has 4 heterocycles. The molecule has 0 aliphatic heterocycles. The van der Waals surface area contributed by atoms with Gasteiger partial charge in [0.15, 0.2) is 17.8 Å². The smallest absolute Gasteiger partial charge is 0.251 e. The molecule has 6 aromatic rings. The molecule has 7 rings (SSSR count). The molecule has 0 saturated heterocycles. The fraction of sp³-hybridized carbons (Fsp3) is 0.121. The lowest BCUT2D eigenvalue weighted by Crippen LogP contribution is -2.27. The van der Waals surface area contributed by atoms with Crippen molar-refractivity contribution in [2.24, 2.45) is 0 Å². The zero-order valence-corrected chi connectivity index (χ0v) is 23.6. The number of aromatic hydroxyl groups is 1. The monoisotopic (exact) mass is 582 g/mol. The van der Waals surface area contributed by atoms with E-state index in [4.69, 9.17) is 15.7 Å². The van der Waals surface area contributed by atoms with Crippen LogP contribution in [0.25, 0.3) is 39.6 Å². The highest BCUT2D eigenvalue weighted by Gasteiger charge is 2.26. The van der Waals surface area contributed by atoms with E-state index in [1.165, 1.54) is 18.2 Å². The number of aromatic nitrogens is 6. The molecule has 0 fully saturated rings. The average Bonchev–Trinajstić information content (AvgIpc) is 3.61. The van der Waals surface area contributed by atoms with Crippen molar-refractivity contribution < 1.29 is 14.7 Å². The van der Waals surface area contributed by atoms with Crippen molar-refractivity contribution in [1.29, 1.82) is 0 Å². The Hall–Kier alpha value is -5.97. The van der Waals surface area contributed by atoms with E-state index in [1.54, 1.807) is 18.6 Å². The quantitative estimate of drug-likeness (QED) is 0.235. The predicted molar refractivity (Wildman–Crippen MR) is 164 cm³/mol. The van der Waals surface area contributed by atoms with Crippen molar-refractivity contribution in [2.45, 2.75) is 25.8 Å². The minimum absolute atomic E-state index is 0.0675. The Morgan fingerprint density at radius 1 is 1.05 bits per heavy atom. The number of fused-ring (bicyclic) bond motifs is 2. The molecule has 1 aliphatic carbocycles. The van der Waals surface area contributed by atoms with Crippen LogP contribution in [0.1, 0.15) is 50.0 Å². The van der Waals surface area contributed by atoms with E-state index in [0.717, 1.165) is 28.9 Å². The molecule has 0 spiro atoms. The number of phenols is 1. The van der Waals surface area contributed by atoms with Gasteiger partial charge in [0.25, 0.3) is 5.91 Å². The Balaban J connectivity index is 1.30. The third kappa shape index (κ3) is 4.70. The van der Waals surface area contributed by atoms with Gasteiger partial charge in [-0.05, 0) is 85.5 Å². The number of pyridine rings is 2. The summed E-state index contributed by atoms with van der Waals surface area (Å²) in [5, 5.41) is 12.9. The van der Waals surface area contributed by atoms with Gasteiger partial charge in [-0.25, -0.2) is 19.9 Å². The van der Waals surface area contributed by atoms with Gasteiger partial charge in [0.1, 0.15) is 22.8 Å². The molecule has 11 heteroatoms. The number of benzene rings is 2. The van der Waals surface area contributed by atoms with Crippen molar-refractivity contribution in [1.82, 2.24) is 34.8 Å². The molecule has 0 radical (unpaired) electrons. The largest absolute Gasteiger partial charge is 0.507 e. The molecule has 11 nitrogen and oxygen atoms in total. The Kier molecular flexibility index (Phi) is 6.54. The number of hydrogen-bond donors (Lipinski definition) is 3. The molecule has 1 atom stereocenters. The predicted octanol–water partition coefficient (Wildman–Crippen LogP) is 4.77. The van der Waals surface area contributed by atoms with Gasteiger partial charge in [-0.3, -0.25) is 19.1 Å². The fourth-order valence-electron chi connectivity index (χ4n) is 5.64. The number of aldehydes is 1. The molecule has 44 heavy (non-hydrogen) atoms. The molecular formula is C33H26N8O3. The van der Waals surface area contributed by atoms with Crippen LogP contribution in [0.4, 0.5) is 5.82 Å². The Morgan fingerprint density at radius 2 is 1.93 bits per heavy atom. The van der Waals surface area contributed by atoms with E-state index in [2.05, 4.69) is 26.3 Å². The van der Waals surface area contributed by atoms with Crippen LogP contribution in [0.15, 0.2) is 79.3 Å². The van der Waals surface area contributed by atoms with Crippen molar-refractivity contribution in [3.05, 3.63) is 107 Å². The molecule has 2 aromatic carbocycles. The number of amides is 1. The summed E-state index contributed by atoms with van der Waals surface area (Å²) < 4.78 is 1.97. The van der Waals surface area contributed by atoms with Crippen LogP contribution in [0.5, 0.6) is 5.75 Å². The summed E-state index contributed by atoms with van der Waals surface area (Å²) in [6, 6.07) is 17.6. The molecule has 216 valence electrons. The molecule has 0 unspecified atom stereocenters. The van der Waals surface area contributed by atoms with Crippen molar-refractivity contribution in [3.8, 4) is 34.2 Å². The van der Waals surface area contributed by atoms with Gasteiger partial charge in [-0.1, -0.05) is 6.07 Å². The maximum absolute atomic E-state index is 13.0. The Bertz CT molecular complexity index is 2110. The van der Waals surface area contributed by atoms with Crippen LogP contribution in [0, 0.1) is 6.92 Å². The summed E-state index contributed by atoms with van der Waals surface area (Å²) in [5.74, 6) is 0.473. The molecule has 4 N–H and O–H groups in total. The van der Waals surface area contributed by atoms with E-state index in [0.29, 0.717) is 58.0 Å². The highest BCUT2D eigenvalue weighted by molar-refractivity contribution is 5.96. The number of nitrogens with one attached hydrogen (secondary N) is 1. The van der Waals surface area contributed by atoms with Gasteiger partial charge in [0.05, 0.1) is 34.8 Å². The number of anilines is 1. The topological polar surface area (TPSA) is 162 Å². The van der Waals surface area contributed by atoms with Crippen molar-refractivity contribution >= 4 is 29.2 Å². The van der Waals surface area contributed by atoms with Gasteiger partial charge in [0, 0.05) is 23.6 Å². The first-order valence-corrected chi connectivity index (χ1v) is 14.0. The maximum atomic E-state index is 13.0. The first-order chi connectivity index (χ1) is 21.4. The molecule has 0 saturated carbocycles. The SMILES string of the molecule is Cc1cncc(-c2ccc3nc(-c4cccnc4N)n(-c4ccc5c(c4)CC[C@@H]5NC(=O)c4ccc(O)c(C=O)c4)c3n2)n1. The van der Waals surface area contributed by atoms with E-state index in [-0.39, 0.29) is 23.3 Å². The Morgan fingerprint density at radius 3 is 2.75 bits per heavy atom. The van der Waals surface area contributed by atoms with Crippen LogP contribution in [0.2, 0.25) is 0 Å². The van der Waals surface area contributed by atoms with Crippen molar-refractivity contribution in [2.75, 3.05) is 5.73 Å². The number of rotatable bonds is 6. The van der Waals surface area contributed by atoms with Gasteiger partial charge >= 0.3 is 0 Å². The number of carbonyl (C=O) groups excluding carboxylic acids is 2. The van der Waals surface area contributed by atoms with E-state index >= 15 is 0 Å². The summed E-state index contributed by atoms with van der Waals surface area (Å²) >= 11 is 0. The second kappa shape index (κ2) is 10.7. The second-order valence-corrected chi connectivity index (χ2v) is 10.6. The maximum Gasteiger partial charge on any atom is 0.251 e. The first-order valence-electron chi connectivity index (χ1n) is 14.0. The first kappa shape index (κ1) is 26.9. The summed E-state index contributed by atoms with van der Waals surface area (Å²) in [7, 11) is 0. The lowest BCUT2D eigenvalue weighted by molar-refractivity contribution is 0.0936. The van der Waals surface area contributed by atoms with Crippen molar-refractivity contribution in [3.63, 3.8) is 0 Å². The lowest BCUT2D eigenvalue weighted by atomic mass is 10.1. The molecular weight excluding hydrogens is 556 g/mol. The number of hydrogen-bond acceptors (Lipinski definition) is 9. The summed E-state index contributed by atoms with van der Waals surface area (Å²) in [6.45, 7) is 1.88. The van der Waals surface area contributed by atoms with Gasteiger partial charge < -0.3 is 16.2 Å². The van der Waals surface area contributed by atoms with E-state index in [1.807, 2.05) is 47.9 Å². The highest BCUT2D eigenvalue weighted by atomic mass is 16.3. The normalized spacial score (nSPS) is 14.0. The third-order valence-electron chi connectivity index (χ3n) is 7.79. The average molecular weight is 583 g/mol. The van der Waals surface area contributed by atoms with Gasteiger partial charge in [-0.2, -0.15) is 0 Å². The molecule has 1 aliphatic rings. The van der Waals surface area contributed by atoms with Crippen LogP contribution in [-0.4, -0.2) is 46.8 Å².